The van der Waals surface area contributed by atoms with Crippen LogP contribution in [0.2, 0.25) is 10.0 Å². The molecule has 35 heavy (non-hydrogen) atoms. The van der Waals surface area contributed by atoms with Gasteiger partial charge >= 0.3 is 0 Å². The highest BCUT2D eigenvalue weighted by molar-refractivity contribution is 7.88. The van der Waals surface area contributed by atoms with Gasteiger partial charge in [0.25, 0.3) is 5.91 Å². The number of piperidine rings is 1. The van der Waals surface area contributed by atoms with Gasteiger partial charge in [-0.25, -0.2) is 22.1 Å². The van der Waals surface area contributed by atoms with E-state index in [2.05, 4.69) is 10.3 Å². The molecule has 1 N–H and O–H groups in total. The largest absolute Gasteiger partial charge is 0.481 e. The number of benzene rings is 1. The van der Waals surface area contributed by atoms with Gasteiger partial charge < -0.3 is 14.8 Å². The highest BCUT2D eigenvalue weighted by atomic mass is 35.5. The van der Waals surface area contributed by atoms with Gasteiger partial charge in [0.15, 0.2) is 5.75 Å². The summed E-state index contributed by atoms with van der Waals surface area (Å²) in [6.45, 7) is 3.96. The molecule has 192 valence electrons. The quantitative estimate of drug-likeness (QED) is 0.509. The van der Waals surface area contributed by atoms with Crippen LogP contribution in [0.3, 0.4) is 0 Å². The van der Waals surface area contributed by atoms with Gasteiger partial charge in [0.1, 0.15) is 11.4 Å². The second-order valence-electron chi connectivity index (χ2n) is 8.86. The summed E-state index contributed by atoms with van der Waals surface area (Å²) in [6.07, 6.45) is 3.83. The minimum absolute atomic E-state index is 0.00114. The lowest BCUT2D eigenvalue weighted by Gasteiger charge is -2.30. The minimum atomic E-state index is -3.21. The van der Waals surface area contributed by atoms with E-state index in [1.807, 2.05) is 0 Å². The van der Waals surface area contributed by atoms with E-state index in [9.17, 15) is 17.6 Å². The Labute approximate surface area is 214 Å². The van der Waals surface area contributed by atoms with E-state index < -0.39 is 21.6 Å². The first kappa shape index (κ1) is 27.4. The fourth-order valence-corrected chi connectivity index (χ4v) is 5.18. The first-order valence-corrected chi connectivity index (χ1v) is 13.5. The summed E-state index contributed by atoms with van der Waals surface area (Å²) in [5.74, 6) is 0.0622. The fraction of sp³-hybridized carbons (Fsp3) is 0.478. The fourth-order valence-electron chi connectivity index (χ4n) is 3.77. The summed E-state index contributed by atoms with van der Waals surface area (Å²) in [7, 11) is -1.82. The molecule has 3 rings (SSSR count). The Balaban J connectivity index is 1.73. The number of nitrogens with zero attached hydrogens (tertiary/aromatic N) is 2. The predicted molar refractivity (Wildman–Crippen MR) is 133 cm³/mol. The van der Waals surface area contributed by atoms with Crippen molar-refractivity contribution in [3.8, 4) is 17.4 Å². The molecule has 0 spiro atoms. The van der Waals surface area contributed by atoms with Gasteiger partial charge in [-0.15, -0.1) is 0 Å². The second kappa shape index (κ2) is 10.9. The van der Waals surface area contributed by atoms with Crippen LogP contribution in [0.1, 0.15) is 42.6 Å². The smallest absolute Gasteiger partial charge is 0.252 e. The average Bonchev–Trinajstić information content (AvgIpc) is 2.79. The van der Waals surface area contributed by atoms with E-state index in [1.165, 1.54) is 55.9 Å². The van der Waals surface area contributed by atoms with Gasteiger partial charge in [-0.1, -0.05) is 23.2 Å². The highest BCUT2D eigenvalue weighted by Crippen LogP contribution is 2.40. The van der Waals surface area contributed by atoms with E-state index in [-0.39, 0.29) is 44.5 Å². The third-order valence-electron chi connectivity index (χ3n) is 5.77. The number of rotatable bonds is 8. The van der Waals surface area contributed by atoms with E-state index >= 15 is 0 Å². The molecule has 1 aliphatic heterocycles. The van der Waals surface area contributed by atoms with Crippen molar-refractivity contribution < 1.29 is 27.1 Å². The number of amides is 1. The maximum atomic E-state index is 14.6. The van der Waals surface area contributed by atoms with E-state index in [4.69, 9.17) is 32.7 Å². The molecule has 0 bridgehead atoms. The lowest BCUT2D eigenvalue weighted by molar-refractivity contribution is 0.0941. The molecular formula is C23H28Cl2FN3O5S. The number of carbonyl (C=O) groups excluding carboxylic acids is 1. The Bertz CT molecular complexity index is 1200. The SMILES string of the molecule is COc1ncc(Oc2c(Cl)ccc(C(=O)NCC3CCN(S(C)(=O)=O)CC3)c2Cl)cc1C(C)(C)F. The van der Waals surface area contributed by atoms with Gasteiger partial charge in [-0.05, 0) is 50.8 Å². The summed E-state index contributed by atoms with van der Waals surface area (Å²) < 4.78 is 50.3. The molecule has 1 fully saturated rings. The summed E-state index contributed by atoms with van der Waals surface area (Å²) in [5.41, 5.74) is -1.41. The van der Waals surface area contributed by atoms with Crippen LogP contribution in [0, 0.1) is 5.92 Å². The summed E-state index contributed by atoms with van der Waals surface area (Å²) in [5, 5.41) is 3.01. The van der Waals surface area contributed by atoms with Crippen LogP contribution in [0.15, 0.2) is 24.4 Å². The first-order chi connectivity index (χ1) is 16.3. The number of alkyl halides is 1. The molecule has 0 atom stereocenters. The van der Waals surface area contributed by atoms with E-state index in [0.717, 1.165) is 0 Å². The van der Waals surface area contributed by atoms with Crippen LogP contribution in [0.5, 0.6) is 17.4 Å². The molecule has 2 aromatic rings. The third-order valence-corrected chi connectivity index (χ3v) is 7.74. The van der Waals surface area contributed by atoms with Crippen LogP contribution < -0.4 is 14.8 Å². The summed E-state index contributed by atoms with van der Waals surface area (Å²) in [6, 6.07) is 4.41. The topological polar surface area (TPSA) is 97.8 Å². The van der Waals surface area contributed by atoms with Gasteiger partial charge in [-0.2, -0.15) is 0 Å². The second-order valence-corrected chi connectivity index (χ2v) is 11.6. The van der Waals surface area contributed by atoms with Gasteiger partial charge in [0.05, 0.1) is 40.7 Å². The van der Waals surface area contributed by atoms with Crippen molar-refractivity contribution in [1.29, 1.82) is 0 Å². The van der Waals surface area contributed by atoms with Crippen molar-refractivity contribution in [2.24, 2.45) is 5.92 Å². The Morgan fingerprint density at radius 2 is 1.94 bits per heavy atom. The number of hydrogen-bond acceptors (Lipinski definition) is 6. The van der Waals surface area contributed by atoms with Crippen molar-refractivity contribution in [3.63, 3.8) is 0 Å². The molecule has 1 saturated heterocycles. The van der Waals surface area contributed by atoms with Crippen molar-refractivity contribution in [3.05, 3.63) is 45.6 Å². The van der Waals surface area contributed by atoms with E-state index in [1.54, 1.807) is 0 Å². The van der Waals surface area contributed by atoms with Crippen LogP contribution in [-0.4, -0.2) is 56.6 Å². The molecule has 12 heteroatoms. The monoisotopic (exact) mass is 547 g/mol. The Hall–Kier alpha value is -2.14. The zero-order valence-electron chi connectivity index (χ0n) is 19.9. The molecule has 0 unspecified atom stereocenters. The normalized spacial score (nSPS) is 15.6. The van der Waals surface area contributed by atoms with Crippen LogP contribution in [0.4, 0.5) is 4.39 Å². The lowest BCUT2D eigenvalue weighted by atomic mass is 9.98. The van der Waals surface area contributed by atoms with Crippen LogP contribution in [-0.2, 0) is 15.7 Å². The first-order valence-electron chi connectivity index (χ1n) is 10.9. The van der Waals surface area contributed by atoms with Crippen LogP contribution in [0.25, 0.3) is 0 Å². The molecule has 0 radical (unpaired) electrons. The van der Waals surface area contributed by atoms with Crippen LogP contribution >= 0.6 is 23.2 Å². The molecule has 2 heterocycles. The van der Waals surface area contributed by atoms with Gasteiger partial charge in [0.2, 0.25) is 15.9 Å². The number of aromatic nitrogens is 1. The predicted octanol–water partition coefficient (Wildman–Crippen LogP) is 4.80. The number of methoxy groups -OCH3 is 1. The third kappa shape index (κ3) is 6.75. The number of carbonyl (C=O) groups is 1. The van der Waals surface area contributed by atoms with Crippen molar-refractivity contribution in [2.75, 3.05) is 33.0 Å². The average molecular weight is 548 g/mol. The molecule has 1 amide bonds. The van der Waals surface area contributed by atoms with Crippen molar-refractivity contribution in [1.82, 2.24) is 14.6 Å². The Kier molecular flexibility index (Phi) is 8.52. The number of pyridine rings is 1. The molecule has 0 aliphatic carbocycles. The maximum absolute atomic E-state index is 14.6. The molecule has 1 aliphatic rings. The number of halogens is 3. The van der Waals surface area contributed by atoms with Crippen molar-refractivity contribution >= 4 is 39.1 Å². The molecule has 1 aromatic carbocycles. The zero-order valence-corrected chi connectivity index (χ0v) is 22.2. The van der Waals surface area contributed by atoms with Gasteiger partial charge in [0, 0.05) is 19.6 Å². The molecular weight excluding hydrogens is 520 g/mol. The zero-order chi connectivity index (χ0) is 26.0. The Morgan fingerprint density at radius 3 is 2.51 bits per heavy atom. The van der Waals surface area contributed by atoms with E-state index in [0.29, 0.717) is 32.5 Å². The number of ether oxygens (including phenoxy) is 2. The maximum Gasteiger partial charge on any atom is 0.252 e. The number of nitrogens with one attached hydrogen (secondary N) is 1. The molecule has 1 aromatic heterocycles. The Morgan fingerprint density at radius 1 is 1.29 bits per heavy atom. The summed E-state index contributed by atoms with van der Waals surface area (Å²) in [4.78, 5) is 16.9. The van der Waals surface area contributed by atoms with Crippen molar-refractivity contribution in [2.45, 2.75) is 32.4 Å². The minimum Gasteiger partial charge on any atom is -0.481 e. The summed E-state index contributed by atoms with van der Waals surface area (Å²) >= 11 is 12.8. The van der Waals surface area contributed by atoms with Gasteiger partial charge in [-0.3, -0.25) is 4.79 Å². The number of sulfonamides is 1. The lowest BCUT2D eigenvalue weighted by Crippen LogP contribution is -2.41. The highest BCUT2D eigenvalue weighted by Gasteiger charge is 2.27. The standard InChI is InChI=1S/C23H28Cl2FN3O5S/c1-23(2,26)17-11-15(13-28-22(17)33-3)34-20-18(24)6-5-16(19(20)25)21(30)27-12-14-7-9-29(10-8-14)35(4,31)32/h5-6,11,13-14H,7-10,12H2,1-4H3,(H,27,30). The molecule has 0 saturated carbocycles. The number of hydrogen-bond donors (Lipinski definition) is 1. The molecule has 8 nitrogen and oxygen atoms in total.